The molecule has 1 aliphatic carbocycles. The lowest BCUT2D eigenvalue weighted by molar-refractivity contribution is -0.140. The van der Waals surface area contributed by atoms with Crippen LogP contribution in [0, 0.1) is 6.92 Å². The van der Waals surface area contributed by atoms with Gasteiger partial charge < -0.3 is 5.32 Å². The summed E-state index contributed by atoms with van der Waals surface area (Å²) in [5.41, 5.74) is 4.28. The molecule has 1 saturated carbocycles. The van der Waals surface area contributed by atoms with Crippen LogP contribution in [0.15, 0.2) is 24.3 Å². The predicted octanol–water partition coefficient (Wildman–Crippen LogP) is 1.40. The van der Waals surface area contributed by atoms with Gasteiger partial charge in [-0.15, -0.1) is 0 Å². The maximum atomic E-state index is 12.8. The molecule has 0 aromatic heterocycles. The molecule has 0 bridgehead atoms. The first kappa shape index (κ1) is 20.8. The van der Waals surface area contributed by atoms with Crippen molar-refractivity contribution in [3.63, 3.8) is 0 Å². The minimum absolute atomic E-state index is 0.183. The Hall–Kier alpha value is -2.45. The molecule has 2 heterocycles. The maximum Gasteiger partial charge on any atom is 0.344 e. The molecular weight excluding hydrogens is 382 g/mol. The van der Waals surface area contributed by atoms with Gasteiger partial charge in [-0.3, -0.25) is 24.8 Å². The second-order valence-corrected chi connectivity index (χ2v) is 8.79. The molecule has 1 aromatic carbocycles. The molecule has 8 nitrogen and oxygen atoms in total. The second kappa shape index (κ2) is 8.73. The van der Waals surface area contributed by atoms with Crippen LogP contribution in [0.1, 0.15) is 43.2 Å². The third-order valence-corrected chi connectivity index (χ3v) is 6.43. The summed E-state index contributed by atoms with van der Waals surface area (Å²) in [4.78, 5) is 42.0. The Balaban J connectivity index is 1.24. The van der Waals surface area contributed by atoms with Crippen LogP contribution in [0.5, 0.6) is 0 Å². The average Bonchev–Trinajstić information content (AvgIpc) is 2.94. The first-order valence-electron chi connectivity index (χ1n) is 10.9. The van der Waals surface area contributed by atoms with Crippen LogP contribution >= 0.6 is 0 Å². The second-order valence-electron chi connectivity index (χ2n) is 8.79. The zero-order valence-corrected chi connectivity index (χ0v) is 17.7. The molecule has 3 aliphatic rings. The molecule has 1 aromatic rings. The molecule has 2 saturated heterocycles. The number of hydrogen-bond acceptors (Lipinski definition) is 5. The van der Waals surface area contributed by atoms with Gasteiger partial charge in [0.05, 0.1) is 6.54 Å². The summed E-state index contributed by atoms with van der Waals surface area (Å²) in [7, 11) is 0. The summed E-state index contributed by atoms with van der Waals surface area (Å²) < 4.78 is 0. The van der Waals surface area contributed by atoms with E-state index in [0.29, 0.717) is 12.8 Å². The number of aryl methyl sites for hydroxylation is 1. The molecule has 0 unspecified atom stereocenters. The van der Waals surface area contributed by atoms with E-state index < -0.39 is 11.6 Å². The van der Waals surface area contributed by atoms with Crippen LogP contribution in [-0.2, 0) is 16.1 Å². The van der Waals surface area contributed by atoms with E-state index in [1.807, 2.05) is 0 Å². The summed E-state index contributed by atoms with van der Waals surface area (Å²) in [6.45, 7) is 6.52. The Labute approximate surface area is 177 Å². The standard InChI is InChI=1S/C22H31N5O3/c1-17-6-5-7-18(14-17)15-25-10-12-26(13-11-25)16-19(28)24-27-20(29)22(23-21(27)30)8-3-2-4-9-22/h5-7,14H,2-4,8-13,15-16H2,1H3,(H,23,30)(H,24,28). The molecule has 0 radical (unpaired) electrons. The minimum Gasteiger partial charge on any atom is -0.322 e. The van der Waals surface area contributed by atoms with Crippen molar-refractivity contribution >= 4 is 17.8 Å². The number of imide groups is 1. The number of piperazine rings is 1. The van der Waals surface area contributed by atoms with Crippen molar-refractivity contribution < 1.29 is 14.4 Å². The van der Waals surface area contributed by atoms with Gasteiger partial charge in [0.25, 0.3) is 11.8 Å². The fraction of sp³-hybridized carbons (Fsp3) is 0.591. The highest BCUT2D eigenvalue weighted by molar-refractivity contribution is 6.08. The topological polar surface area (TPSA) is 85.0 Å². The van der Waals surface area contributed by atoms with Gasteiger partial charge in [-0.2, -0.15) is 5.01 Å². The molecule has 4 amide bonds. The van der Waals surface area contributed by atoms with E-state index >= 15 is 0 Å². The summed E-state index contributed by atoms with van der Waals surface area (Å²) >= 11 is 0. The molecule has 4 rings (SSSR count). The maximum absolute atomic E-state index is 12.8. The van der Waals surface area contributed by atoms with Crippen LogP contribution in [0.25, 0.3) is 0 Å². The van der Waals surface area contributed by atoms with Gasteiger partial charge >= 0.3 is 6.03 Å². The quantitative estimate of drug-likeness (QED) is 0.713. The van der Waals surface area contributed by atoms with Gasteiger partial charge in [0.15, 0.2) is 0 Å². The lowest BCUT2D eigenvalue weighted by atomic mass is 9.82. The number of carbonyl (C=O) groups is 3. The third-order valence-electron chi connectivity index (χ3n) is 6.43. The Bertz CT molecular complexity index is 813. The fourth-order valence-corrected chi connectivity index (χ4v) is 4.75. The van der Waals surface area contributed by atoms with Gasteiger partial charge in [0.1, 0.15) is 5.54 Å². The first-order valence-corrected chi connectivity index (χ1v) is 10.9. The van der Waals surface area contributed by atoms with Crippen molar-refractivity contribution in [2.75, 3.05) is 32.7 Å². The number of nitrogens with zero attached hydrogens (tertiary/aromatic N) is 3. The number of nitrogens with one attached hydrogen (secondary N) is 2. The molecule has 2 aliphatic heterocycles. The highest BCUT2D eigenvalue weighted by Crippen LogP contribution is 2.32. The summed E-state index contributed by atoms with van der Waals surface area (Å²) in [6.07, 6.45) is 4.20. The van der Waals surface area contributed by atoms with Crippen LogP contribution in [0.4, 0.5) is 4.79 Å². The molecule has 1 spiro atoms. The predicted molar refractivity (Wildman–Crippen MR) is 112 cm³/mol. The molecule has 0 atom stereocenters. The van der Waals surface area contributed by atoms with Crippen molar-refractivity contribution in [2.45, 2.75) is 51.1 Å². The normalized spacial score (nSPS) is 22.4. The van der Waals surface area contributed by atoms with E-state index in [2.05, 4.69) is 51.7 Å². The van der Waals surface area contributed by atoms with Crippen LogP contribution in [-0.4, -0.2) is 70.9 Å². The highest BCUT2D eigenvalue weighted by Gasteiger charge is 2.52. The number of amides is 4. The van der Waals surface area contributed by atoms with E-state index in [9.17, 15) is 14.4 Å². The molecule has 162 valence electrons. The van der Waals surface area contributed by atoms with Crippen LogP contribution in [0.3, 0.4) is 0 Å². The van der Waals surface area contributed by atoms with E-state index in [4.69, 9.17) is 0 Å². The summed E-state index contributed by atoms with van der Waals surface area (Å²) in [5.74, 6) is -0.637. The lowest BCUT2D eigenvalue weighted by Crippen LogP contribution is -2.54. The lowest BCUT2D eigenvalue weighted by Gasteiger charge is -2.34. The van der Waals surface area contributed by atoms with E-state index in [1.54, 1.807) is 0 Å². The molecule has 8 heteroatoms. The molecule has 2 N–H and O–H groups in total. The molecule has 3 fully saturated rings. The average molecular weight is 414 g/mol. The van der Waals surface area contributed by atoms with Crippen molar-refractivity contribution in [3.8, 4) is 0 Å². The van der Waals surface area contributed by atoms with E-state index in [-0.39, 0.29) is 18.4 Å². The molecule has 30 heavy (non-hydrogen) atoms. The Morgan fingerprint density at radius 3 is 2.47 bits per heavy atom. The first-order chi connectivity index (χ1) is 14.4. The van der Waals surface area contributed by atoms with Crippen molar-refractivity contribution in [1.82, 2.24) is 25.6 Å². The van der Waals surface area contributed by atoms with Crippen molar-refractivity contribution in [1.29, 1.82) is 0 Å². The summed E-state index contributed by atoms with van der Waals surface area (Å²) in [6, 6.07) is 8.01. The van der Waals surface area contributed by atoms with Gasteiger partial charge in [-0.25, -0.2) is 4.79 Å². The Morgan fingerprint density at radius 2 is 1.77 bits per heavy atom. The van der Waals surface area contributed by atoms with Gasteiger partial charge in [0, 0.05) is 32.7 Å². The number of urea groups is 1. The van der Waals surface area contributed by atoms with Gasteiger partial charge in [-0.05, 0) is 25.3 Å². The number of rotatable bonds is 5. The van der Waals surface area contributed by atoms with Crippen LogP contribution < -0.4 is 10.7 Å². The fourth-order valence-electron chi connectivity index (χ4n) is 4.75. The van der Waals surface area contributed by atoms with Gasteiger partial charge in [0.2, 0.25) is 0 Å². The van der Waals surface area contributed by atoms with Gasteiger partial charge in [-0.1, -0.05) is 49.1 Å². The molecular formula is C22H31N5O3. The van der Waals surface area contributed by atoms with Crippen LogP contribution in [0.2, 0.25) is 0 Å². The van der Waals surface area contributed by atoms with E-state index in [0.717, 1.165) is 57.0 Å². The number of carbonyl (C=O) groups excluding carboxylic acids is 3. The van der Waals surface area contributed by atoms with Crippen molar-refractivity contribution in [3.05, 3.63) is 35.4 Å². The SMILES string of the molecule is Cc1cccc(CN2CCN(CC(=O)NN3C(=O)NC4(CCCCC4)C3=O)CC2)c1. The van der Waals surface area contributed by atoms with E-state index in [1.165, 1.54) is 11.1 Å². The minimum atomic E-state index is -0.815. The monoisotopic (exact) mass is 413 g/mol. The third kappa shape index (κ3) is 4.49. The smallest absolute Gasteiger partial charge is 0.322 e. The largest absolute Gasteiger partial charge is 0.344 e. The zero-order chi connectivity index (χ0) is 21.1. The number of benzene rings is 1. The Morgan fingerprint density at radius 1 is 1.07 bits per heavy atom. The highest BCUT2D eigenvalue weighted by atomic mass is 16.2. The summed E-state index contributed by atoms with van der Waals surface area (Å²) in [5, 5.41) is 3.70. The number of hydrazine groups is 1. The van der Waals surface area contributed by atoms with Crippen molar-refractivity contribution in [2.24, 2.45) is 0 Å². The Kier molecular flexibility index (Phi) is 6.06. The zero-order valence-electron chi connectivity index (χ0n) is 17.7. The number of hydrogen-bond donors (Lipinski definition) is 2.